The van der Waals surface area contributed by atoms with Crippen molar-refractivity contribution in [1.29, 1.82) is 5.26 Å². The second-order valence-electron chi connectivity index (χ2n) is 3.34. The molecule has 2 nitrogen and oxygen atoms in total. The van der Waals surface area contributed by atoms with E-state index in [1.807, 2.05) is 13.8 Å². The van der Waals surface area contributed by atoms with Crippen LogP contribution in [0.2, 0.25) is 0 Å². The number of hydrogen-bond donors (Lipinski definition) is 0. The van der Waals surface area contributed by atoms with E-state index in [2.05, 4.69) is 6.07 Å². The highest BCUT2D eigenvalue weighted by atomic mass is 19.1. The van der Waals surface area contributed by atoms with Crippen LogP contribution in [0.1, 0.15) is 19.4 Å². The van der Waals surface area contributed by atoms with Gasteiger partial charge >= 0.3 is 0 Å². The van der Waals surface area contributed by atoms with E-state index < -0.39 is 5.82 Å². The minimum Gasteiger partial charge on any atom is -0.494 e. The van der Waals surface area contributed by atoms with Gasteiger partial charge < -0.3 is 4.74 Å². The Balaban J connectivity index is 3.25. The Bertz CT molecular complexity index is 439. The van der Waals surface area contributed by atoms with Crippen LogP contribution in [0.5, 0.6) is 5.75 Å². The maximum absolute atomic E-state index is 13.4. The van der Waals surface area contributed by atoms with Crippen LogP contribution in [0.25, 0.3) is 5.57 Å². The van der Waals surface area contributed by atoms with Crippen molar-refractivity contribution in [3.05, 3.63) is 35.2 Å². The zero-order chi connectivity index (χ0) is 11.4. The van der Waals surface area contributed by atoms with Gasteiger partial charge in [0.25, 0.3) is 0 Å². The average molecular weight is 205 g/mol. The van der Waals surface area contributed by atoms with E-state index in [-0.39, 0.29) is 5.75 Å². The summed E-state index contributed by atoms with van der Waals surface area (Å²) in [5.41, 5.74) is 1.94. The van der Waals surface area contributed by atoms with Crippen LogP contribution < -0.4 is 4.74 Å². The minimum absolute atomic E-state index is 0.185. The van der Waals surface area contributed by atoms with Gasteiger partial charge in [0.1, 0.15) is 0 Å². The van der Waals surface area contributed by atoms with Crippen LogP contribution in [0.15, 0.2) is 23.8 Å². The Hall–Kier alpha value is -1.82. The number of hydrogen-bond acceptors (Lipinski definition) is 2. The van der Waals surface area contributed by atoms with Crippen molar-refractivity contribution < 1.29 is 9.13 Å². The lowest BCUT2D eigenvalue weighted by molar-refractivity contribution is 0.386. The van der Waals surface area contributed by atoms with Gasteiger partial charge in [-0.25, -0.2) is 4.39 Å². The maximum Gasteiger partial charge on any atom is 0.165 e. The van der Waals surface area contributed by atoms with Crippen molar-refractivity contribution in [2.45, 2.75) is 13.8 Å². The average Bonchev–Trinajstić information content (AvgIpc) is 2.18. The number of rotatable bonds is 2. The molecule has 1 aromatic rings. The molecular weight excluding hydrogens is 193 g/mol. The van der Waals surface area contributed by atoms with Crippen molar-refractivity contribution in [1.82, 2.24) is 0 Å². The fraction of sp³-hybridized carbons (Fsp3) is 0.250. The molecule has 78 valence electrons. The van der Waals surface area contributed by atoms with E-state index in [4.69, 9.17) is 10.00 Å². The van der Waals surface area contributed by atoms with Gasteiger partial charge in [-0.2, -0.15) is 5.26 Å². The summed E-state index contributed by atoms with van der Waals surface area (Å²) in [4.78, 5) is 0. The second kappa shape index (κ2) is 4.61. The third-order valence-electron chi connectivity index (χ3n) is 2.05. The van der Waals surface area contributed by atoms with E-state index in [0.29, 0.717) is 11.1 Å². The van der Waals surface area contributed by atoms with Crippen molar-refractivity contribution >= 4 is 5.57 Å². The van der Waals surface area contributed by atoms with Crippen LogP contribution in [-0.4, -0.2) is 7.11 Å². The van der Waals surface area contributed by atoms with E-state index in [0.717, 1.165) is 5.57 Å². The molecule has 0 amide bonds. The molecule has 0 atom stereocenters. The summed E-state index contributed by atoms with van der Waals surface area (Å²) in [6, 6.07) is 6.56. The number of methoxy groups -OCH3 is 1. The van der Waals surface area contributed by atoms with Crippen LogP contribution in [0, 0.1) is 17.1 Å². The van der Waals surface area contributed by atoms with Crippen LogP contribution in [-0.2, 0) is 0 Å². The molecular formula is C12H12FNO. The van der Waals surface area contributed by atoms with Gasteiger partial charge in [-0.15, -0.1) is 0 Å². The van der Waals surface area contributed by atoms with Gasteiger partial charge in [-0.05, 0) is 37.6 Å². The molecule has 0 bridgehead atoms. The van der Waals surface area contributed by atoms with Gasteiger partial charge in [0.05, 0.1) is 18.8 Å². The predicted molar refractivity (Wildman–Crippen MR) is 56.8 cm³/mol. The van der Waals surface area contributed by atoms with Crippen molar-refractivity contribution in [2.24, 2.45) is 0 Å². The second-order valence-corrected chi connectivity index (χ2v) is 3.34. The maximum atomic E-state index is 13.4. The molecule has 0 aliphatic carbocycles. The zero-order valence-electron chi connectivity index (χ0n) is 8.97. The Morgan fingerprint density at radius 2 is 2.07 bits per heavy atom. The predicted octanol–water partition coefficient (Wildman–Crippen LogP) is 3.15. The molecule has 15 heavy (non-hydrogen) atoms. The molecule has 0 aromatic heterocycles. The largest absolute Gasteiger partial charge is 0.494 e. The van der Waals surface area contributed by atoms with Gasteiger partial charge in [-0.1, -0.05) is 5.57 Å². The van der Waals surface area contributed by atoms with E-state index in [1.165, 1.54) is 19.2 Å². The van der Waals surface area contributed by atoms with Gasteiger partial charge in [0.15, 0.2) is 11.6 Å². The normalized spacial score (nSPS) is 9.27. The molecule has 0 saturated carbocycles. The Morgan fingerprint density at radius 1 is 1.40 bits per heavy atom. The Morgan fingerprint density at radius 3 is 2.47 bits per heavy atom. The van der Waals surface area contributed by atoms with Crippen LogP contribution in [0.4, 0.5) is 4.39 Å². The molecule has 0 unspecified atom stereocenters. The summed E-state index contributed by atoms with van der Waals surface area (Å²) in [6.07, 6.45) is 0. The molecule has 0 aliphatic heterocycles. The lowest BCUT2D eigenvalue weighted by Crippen LogP contribution is -1.91. The molecule has 0 aliphatic rings. The molecule has 0 radical (unpaired) electrons. The molecule has 3 heteroatoms. The van der Waals surface area contributed by atoms with E-state index in [1.54, 1.807) is 6.07 Å². The monoisotopic (exact) mass is 205 g/mol. The molecule has 0 spiro atoms. The number of nitrogens with zero attached hydrogens (tertiary/aromatic N) is 1. The number of nitriles is 1. The summed E-state index contributed by atoms with van der Waals surface area (Å²) in [7, 11) is 1.41. The first-order valence-electron chi connectivity index (χ1n) is 4.51. The number of allylic oxidation sites excluding steroid dienone is 2. The Kier molecular flexibility index (Phi) is 3.46. The van der Waals surface area contributed by atoms with Crippen molar-refractivity contribution in [2.75, 3.05) is 7.11 Å². The van der Waals surface area contributed by atoms with Gasteiger partial charge in [-0.3, -0.25) is 0 Å². The van der Waals surface area contributed by atoms with E-state index >= 15 is 0 Å². The molecule has 0 fully saturated rings. The SMILES string of the molecule is COc1ccc(C(C#N)=C(C)C)cc1F. The quantitative estimate of drug-likeness (QED) is 0.695. The molecule has 1 rings (SSSR count). The van der Waals surface area contributed by atoms with E-state index in [9.17, 15) is 4.39 Å². The highest BCUT2D eigenvalue weighted by molar-refractivity contribution is 5.79. The highest BCUT2D eigenvalue weighted by Gasteiger charge is 2.07. The van der Waals surface area contributed by atoms with Gasteiger partial charge in [0.2, 0.25) is 0 Å². The van der Waals surface area contributed by atoms with Crippen LogP contribution in [0.3, 0.4) is 0 Å². The van der Waals surface area contributed by atoms with Crippen LogP contribution >= 0.6 is 0 Å². The number of ether oxygens (including phenoxy) is 1. The first kappa shape index (κ1) is 11.3. The van der Waals surface area contributed by atoms with Crippen molar-refractivity contribution in [3.63, 3.8) is 0 Å². The summed E-state index contributed by atoms with van der Waals surface area (Å²) >= 11 is 0. The molecule has 1 aromatic carbocycles. The summed E-state index contributed by atoms with van der Waals surface area (Å²) in [6.45, 7) is 3.64. The lowest BCUT2D eigenvalue weighted by Gasteiger charge is -2.05. The standard InChI is InChI=1S/C12H12FNO/c1-8(2)10(7-14)9-4-5-12(15-3)11(13)6-9/h4-6H,1-3H3. The summed E-state index contributed by atoms with van der Waals surface area (Å²) in [5.74, 6) is -0.270. The number of halogens is 1. The summed E-state index contributed by atoms with van der Waals surface area (Å²) < 4.78 is 18.2. The smallest absolute Gasteiger partial charge is 0.165 e. The number of benzene rings is 1. The van der Waals surface area contributed by atoms with Crippen molar-refractivity contribution in [3.8, 4) is 11.8 Å². The fourth-order valence-electron chi connectivity index (χ4n) is 1.29. The lowest BCUT2D eigenvalue weighted by atomic mass is 10.0. The minimum atomic E-state index is -0.455. The van der Waals surface area contributed by atoms with Gasteiger partial charge in [0, 0.05) is 0 Å². The molecule has 0 heterocycles. The molecule has 0 saturated heterocycles. The first-order valence-corrected chi connectivity index (χ1v) is 4.51. The molecule has 0 N–H and O–H groups in total. The summed E-state index contributed by atoms with van der Waals surface area (Å²) in [5, 5.41) is 8.91. The zero-order valence-corrected chi connectivity index (χ0v) is 8.97. The topological polar surface area (TPSA) is 33.0 Å². The third kappa shape index (κ3) is 2.35. The Labute approximate surface area is 88.6 Å². The fourth-order valence-corrected chi connectivity index (χ4v) is 1.29. The highest BCUT2D eigenvalue weighted by Crippen LogP contribution is 2.23. The first-order chi connectivity index (χ1) is 7.10. The third-order valence-corrected chi connectivity index (χ3v) is 2.05.